The summed E-state index contributed by atoms with van der Waals surface area (Å²) in [5.41, 5.74) is 1.03. The standard InChI is InChI=1S/C11H17N3O3/c1-9-7-13-10(8-12-9)11(16)14(3-5-15)4-6-17-2/h7-8,15H,3-6H2,1-2H3. The highest BCUT2D eigenvalue weighted by molar-refractivity contribution is 5.91. The Hall–Kier alpha value is -1.53. The molecule has 6 heteroatoms. The molecule has 0 aliphatic rings. The van der Waals surface area contributed by atoms with E-state index in [0.29, 0.717) is 13.2 Å². The van der Waals surface area contributed by atoms with Gasteiger partial charge in [-0.1, -0.05) is 0 Å². The Morgan fingerprint density at radius 3 is 2.71 bits per heavy atom. The molecule has 1 rings (SSSR count). The summed E-state index contributed by atoms with van der Waals surface area (Å²) in [6.45, 7) is 2.82. The fourth-order valence-corrected chi connectivity index (χ4v) is 1.30. The van der Waals surface area contributed by atoms with Gasteiger partial charge in [0.2, 0.25) is 0 Å². The summed E-state index contributed by atoms with van der Waals surface area (Å²) >= 11 is 0. The van der Waals surface area contributed by atoms with Crippen LogP contribution in [0.5, 0.6) is 0 Å². The van der Waals surface area contributed by atoms with Crippen molar-refractivity contribution in [2.45, 2.75) is 6.92 Å². The lowest BCUT2D eigenvalue weighted by atomic mass is 10.3. The summed E-state index contributed by atoms with van der Waals surface area (Å²) < 4.78 is 4.91. The largest absolute Gasteiger partial charge is 0.395 e. The molecule has 1 aromatic rings. The molecule has 1 N–H and O–H groups in total. The SMILES string of the molecule is COCCN(CCO)C(=O)c1cnc(C)cn1. The fraction of sp³-hybridized carbons (Fsp3) is 0.545. The summed E-state index contributed by atoms with van der Waals surface area (Å²) in [6, 6.07) is 0. The summed E-state index contributed by atoms with van der Waals surface area (Å²) in [5, 5.41) is 8.91. The summed E-state index contributed by atoms with van der Waals surface area (Å²) in [4.78, 5) is 21.5. The minimum Gasteiger partial charge on any atom is -0.395 e. The number of aromatic nitrogens is 2. The highest BCUT2D eigenvalue weighted by atomic mass is 16.5. The lowest BCUT2D eigenvalue weighted by Crippen LogP contribution is -2.36. The van der Waals surface area contributed by atoms with E-state index in [0.717, 1.165) is 5.69 Å². The lowest BCUT2D eigenvalue weighted by Gasteiger charge is -2.20. The van der Waals surface area contributed by atoms with Crippen LogP contribution in [-0.4, -0.2) is 59.3 Å². The molecule has 0 aliphatic heterocycles. The first-order chi connectivity index (χ1) is 8.19. The minimum atomic E-state index is -0.247. The van der Waals surface area contributed by atoms with Crippen molar-refractivity contribution in [3.05, 3.63) is 23.8 Å². The predicted molar refractivity (Wildman–Crippen MR) is 61.6 cm³/mol. The van der Waals surface area contributed by atoms with E-state index >= 15 is 0 Å². The molecule has 0 atom stereocenters. The van der Waals surface area contributed by atoms with E-state index in [1.165, 1.54) is 11.1 Å². The van der Waals surface area contributed by atoms with E-state index in [9.17, 15) is 4.79 Å². The van der Waals surface area contributed by atoms with E-state index in [-0.39, 0.29) is 24.8 Å². The zero-order chi connectivity index (χ0) is 12.7. The van der Waals surface area contributed by atoms with Crippen molar-refractivity contribution in [3.8, 4) is 0 Å². The molecule has 94 valence electrons. The van der Waals surface area contributed by atoms with Crippen molar-refractivity contribution in [3.63, 3.8) is 0 Å². The minimum absolute atomic E-state index is 0.0885. The summed E-state index contributed by atoms with van der Waals surface area (Å²) in [7, 11) is 1.56. The Balaban J connectivity index is 2.72. The number of ether oxygens (including phenoxy) is 1. The average molecular weight is 239 g/mol. The van der Waals surface area contributed by atoms with Gasteiger partial charge in [-0.25, -0.2) is 4.98 Å². The van der Waals surface area contributed by atoms with Gasteiger partial charge in [0, 0.05) is 26.4 Å². The molecule has 6 nitrogen and oxygen atoms in total. The third kappa shape index (κ3) is 4.08. The third-order valence-electron chi connectivity index (χ3n) is 2.22. The van der Waals surface area contributed by atoms with Gasteiger partial charge >= 0.3 is 0 Å². The first-order valence-corrected chi connectivity index (χ1v) is 5.36. The molecule has 0 bridgehead atoms. The zero-order valence-corrected chi connectivity index (χ0v) is 10.1. The third-order valence-corrected chi connectivity index (χ3v) is 2.22. The molecule has 1 aromatic heterocycles. The first-order valence-electron chi connectivity index (χ1n) is 5.36. The van der Waals surface area contributed by atoms with Gasteiger partial charge in [-0.15, -0.1) is 0 Å². The molecule has 17 heavy (non-hydrogen) atoms. The lowest BCUT2D eigenvalue weighted by molar-refractivity contribution is 0.0650. The number of rotatable bonds is 6. The van der Waals surface area contributed by atoms with Gasteiger partial charge in [0.25, 0.3) is 5.91 Å². The topological polar surface area (TPSA) is 75.6 Å². The van der Waals surface area contributed by atoms with Crippen LogP contribution in [0, 0.1) is 6.92 Å². The van der Waals surface area contributed by atoms with Gasteiger partial charge in [-0.2, -0.15) is 0 Å². The van der Waals surface area contributed by atoms with Gasteiger partial charge in [-0.3, -0.25) is 9.78 Å². The number of nitrogens with zero attached hydrogens (tertiary/aromatic N) is 3. The van der Waals surface area contributed by atoms with Crippen LogP contribution in [0.4, 0.5) is 0 Å². The molecule has 0 aromatic carbocycles. The van der Waals surface area contributed by atoms with E-state index in [4.69, 9.17) is 9.84 Å². The van der Waals surface area contributed by atoms with Crippen LogP contribution in [-0.2, 0) is 4.74 Å². The predicted octanol–water partition coefficient (Wildman–Crippen LogP) is -0.134. The van der Waals surface area contributed by atoms with Gasteiger partial charge in [0.1, 0.15) is 5.69 Å². The molecule has 0 aliphatic carbocycles. The average Bonchev–Trinajstić information content (AvgIpc) is 2.34. The summed E-state index contributed by atoms with van der Waals surface area (Å²) in [5.74, 6) is -0.247. The van der Waals surface area contributed by atoms with E-state index in [2.05, 4.69) is 9.97 Å². The van der Waals surface area contributed by atoms with Gasteiger partial charge in [0.05, 0.1) is 25.1 Å². The van der Waals surface area contributed by atoms with Crippen LogP contribution in [0.25, 0.3) is 0 Å². The molecule has 0 saturated carbocycles. The van der Waals surface area contributed by atoms with E-state index in [1.54, 1.807) is 20.2 Å². The van der Waals surface area contributed by atoms with Crippen molar-refractivity contribution in [1.82, 2.24) is 14.9 Å². The molecule has 0 unspecified atom stereocenters. The molecule has 0 saturated heterocycles. The Bertz CT molecular complexity index is 353. The maximum absolute atomic E-state index is 12.0. The number of carbonyl (C=O) groups is 1. The summed E-state index contributed by atoms with van der Waals surface area (Å²) in [6.07, 6.45) is 2.98. The maximum Gasteiger partial charge on any atom is 0.274 e. The number of aliphatic hydroxyl groups excluding tert-OH is 1. The number of amides is 1. The van der Waals surface area contributed by atoms with Crippen LogP contribution in [0.2, 0.25) is 0 Å². The van der Waals surface area contributed by atoms with Gasteiger partial charge < -0.3 is 14.7 Å². The van der Waals surface area contributed by atoms with Crippen molar-refractivity contribution < 1.29 is 14.6 Å². The van der Waals surface area contributed by atoms with Gasteiger partial charge in [0.15, 0.2) is 0 Å². The number of aliphatic hydroxyl groups is 1. The molecule has 1 heterocycles. The normalized spacial score (nSPS) is 10.3. The smallest absolute Gasteiger partial charge is 0.274 e. The molecule has 0 spiro atoms. The second-order valence-electron chi connectivity index (χ2n) is 3.55. The Morgan fingerprint density at radius 2 is 2.18 bits per heavy atom. The number of aryl methyl sites for hydroxylation is 1. The second kappa shape index (κ2) is 6.93. The van der Waals surface area contributed by atoms with Crippen LogP contribution in [0.1, 0.15) is 16.2 Å². The molecule has 0 radical (unpaired) electrons. The van der Waals surface area contributed by atoms with Crippen molar-refractivity contribution in [2.24, 2.45) is 0 Å². The van der Waals surface area contributed by atoms with Crippen molar-refractivity contribution in [1.29, 1.82) is 0 Å². The number of carbonyl (C=O) groups excluding carboxylic acids is 1. The molecule has 0 fully saturated rings. The molecule has 1 amide bonds. The fourth-order valence-electron chi connectivity index (χ4n) is 1.30. The number of hydrogen-bond acceptors (Lipinski definition) is 5. The Labute approximate surface area is 100 Å². The maximum atomic E-state index is 12.0. The number of hydrogen-bond donors (Lipinski definition) is 1. The van der Waals surface area contributed by atoms with E-state index < -0.39 is 0 Å². The first kappa shape index (κ1) is 13.5. The highest BCUT2D eigenvalue weighted by Gasteiger charge is 2.16. The Kier molecular flexibility index (Phi) is 5.51. The monoisotopic (exact) mass is 239 g/mol. The van der Waals surface area contributed by atoms with Crippen molar-refractivity contribution >= 4 is 5.91 Å². The van der Waals surface area contributed by atoms with Crippen LogP contribution in [0.3, 0.4) is 0 Å². The highest BCUT2D eigenvalue weighted by Crippen LogP contribution is 2.01. The van der Waals surface area contributed by atoms with Crippen LogP contribution >= 0.6 is 0 Å². The zero-order valence-electron chi connectivity index (χ0n) is 10.1. The second-order valence-corrected chi connectivity index (χ2v) is 3.55. The van der Waals surface area contributed by atoms with Crippen LogP contribution < -0.4 is 0 Å². The van der Waals surface area contributed by atoms with Gasteiger partial charge in [-0.05, 0) is 6.92 Å². The van der Waals surface area contributed by atoms with Crippen molar-refractivity contribution in [2.75, 3.05) is 33.4 Å². The molecular weight excluding hydrogens is 222 g/mol. The van der Waals surface area contributed by atoms with Crippen LogP contribution in [0.15, 0.2) is 12.4 Å². The quantitative estimate of drug-likeness (QED) is 0.748. The molecular formula is C11H17N3O3. The van der Waals surface area contributed by atoms with E-state index in [1.807, 2.05) is 0 Å². The Morgan fingerprint density at radius 1 is 1.41 bits per heavy atom. The number of methoxy groups -OCH3 is 1.